The SMILES string of the molecule is CC(C)C(CC(O)(C(F)(F)F)C(F)(F)F)OC(=O)C(C)(I)C12NI1N2. The van der Waals surface area contributed by atoms with Crippen molar-refractivity contribution in [2.45, 2.75) is 58.3 Å². The molecule has 25 heavy (non-hydrogen) atoms. The number of rotatable bonds is 6. The molecular formula is C12H16F6I2N2O3. The number of alkyl halides is 8. The number of hydrogen-bond donors (Lipinski definition) is 3. The first-order chi connectivity index (χ1) is 11.0. The number of carbonyl (C=O) groups excluding carboxylic acids is 1. The molecule has 2 aliphatic rings. The molecule has 0 saturated carbocycles. The van der Waals surface area contributed by atoms with Crippen molar-refractivity contribution in [2.24, 2.45) is 5.92 Å². The van der Waals surface area contributed by atoms with Gasteiger partial charge in [-0.3, -0.25) is 0 Å². The molecule has 2 rings (SSSR count). The van der Waals surface area contributed by atoms with Crippen molar-refractivity contribution < 1.29 is 41.0 Å². The van der Waals surface area contributed by atoms with Crippen LogP contribution in [0.4, 0.5) is 26.3 Å². The molecule has 0 aromatic carbocycles. The minimum atomic E-state index is -5.95. The molecule has 0 bridgehead atoms. The molecule has 2 unspecified atom stereocenters. The Bertz CT molecular complexity index is 546. The van der Waals surface area contributed by atoms with Crippen molar-refractivity contribution in [3.63, 3.8) is 0 Å². The molecule has 2 heterocycles. The van der Waals surface area contributed by atoms with E-state index in [1.54, 1.807) is 22.6 Å². The van der Waals surface area contributed by atoms with Gasteiger partial charge in [-0.05, 0) is 0 Å². The van der Waals surface area contributed by atoms with E-state index in [-0.39, 0.29) is 0 Å². The molecule has 0 aliphatic carbocycles. The first-order valence-corrected chi connectivity index (χ1v) is 11.3. The van der Waals surface area contributed by atoms with Crippen molar-refractivity contribution in [2.75, 3.05) is 0 Å². The van der Waals surface area contributed by atoms with Crippen LogP contribution in [0.5, 0.6) is 0 Å². The second-order valence-corrected chi connectivity index (χ2v) is 12.9. The van der Waals surface area contributed by atoms with Crippen LogP contribution in [0.1, 0.15) is 27.2 Å². The average Bonchev–Trinajstić information content (AvgIpc) is 3.23. The van der Waals surface area contributed by atoms with Gasteiger partial charge in [0, 0.05) is 0 Å². The quantitative estimate of drug-likeness (QED) is 0.0826. The third-order valence-corrected chi connectivity index (χ3v) is 11.3. The van der Waals surface area contributed by atoms with E-state index in [0.717, 1.165) is 0 Å². The summed E-state index contributed by atoms with van der Waals surface area (Å²) in [5.41, 5.74) is -4.96. The molecule has 2 aliphatic heterocycles. The summed E-state index contributed by atoms with van der Waals surface area (Å²) in [5, 5.41) is 9.34. The minimum absolute atomic E-state index is 0.583. The number of ether oxygens (including phenoxy) is 1. The fourth-order valence-electron chi connectivity index (χ4n) is 2.07. The summed E-state index contributed by atoms with van der Waals surface area (Å²) in [7, 11) is 0. The van der Waals surface area contributed by atoms with Gasteiger partial charge in [0.15, 0.2) is 0 Å². The average molecular weight is 604 g/mol. The molecular weight excluding hydrogens is 588 g/mol. The summed E-state index contributed by atoms with van der Waals surface area (Å²) >= 11 is 0.181. The van der Waals surface area contributed by atoms with E-state index in [1.165, 1.54) is 20.8 Å². The molecule has 5 nitrogen and oxygen atoms in total. The van der Waals surface area contributed by atoms with Gasteiger partial charge in [0.1, 0.15) is 0 Å². The van der Waals surface area contributed by atoms with Gasteiger partial charge < -0.3 is 0 Å². The standard InChI is InChI=1S/C12H16F6I2N2O3/c1-5(2)6(4-9(24,10(13,14)15)11(16,17)18)25-7(23)8(3,19)12-20(21-12)22-12/h5-6,21-22,24H,4H2,1-3H3. The third kappa shape index (κ3) is 3.59. The molecule has 13 heteroatoms. The Morgan fingerprint density at radius 3 is 1.88 bits per heavy atom. The predicted molar refractivity (Wildman–Crippen MR) is 91.8 cm³/mol. The van der Waals surface area contributed by atoms with Crippen molar-refractivity contribution in [3.8, 4) is 0 Å². The Kier molecular flexibility index (Phi) is 5.38. The van der Waals surface area contributed by atoms with Gasteiger partial charge in [-0.15, -0.1) is 0 Å². The van der Waals surface area contributed by atoms with E-state index in [9.17, 15) is 36.2 Å². The maximum atomic E-state index is 12.9. The third-order valence-electron chi connectivity index (χ3n) is 4.13. The molecule has 0 spiro atoms. The van der Waals surface area contributed by atoms with Crippen LogP contribution >= 0.6 is 43.0 Å². The summed E-state index contributed by atoms with van der Waals surface area (Å²) in [6.45, 7) is 4.13. The van der Waals surface area contributed by atoms with Crippen molar-refractivity contribution >= 4 is 48.9 Å². The Morgan fingerprint density at radius 2 is 1.60 bits per heavy atom. The number of hydrogen-bond acceptors (Lipinski definition) is 5. The number of fused-ring (bicyclic) bond motifs is 1. The normalized spacial score (nSPS) is 24.4. The fourth-order valence-corrected chi connectivity index (χ4v) is 9.82. The van der Waals surface area contributed by atoms with Crippen LogP contribution in [-0.4, -0.2) is 42.2 Å². The second kappa shape index (κ2) is 6.20. The number of carbonyl (C=O) groups is 1. The monoisotopic (exact) mass is 604 g/mol. The predicted octanol–water partition coefficient (Wildman–Crippen LogP) is 3.19. The van der Waals surface area contributed by atoms with Gasteiger partial charge in [-0.25, -0.2) is 0 Å². The van der Waals surface area contributed by atoms with Crippen LogP contribution in [0, 0.1) is 5.92 Å². The summed E-state index contributed by atoms with van der Waals surface area (Å²) in [5.74, 6) is -1.78. The molecule has 0 aromatic heterocycles. The van der Waals surface area contributed by atoms with Gasteiger partial charge in [0.05, 0.1) is 0 Å². The first-order valence-electron chi connectivity index (χ1n) is 7.01. The molecule has 2 saturated heterocycles. The molecule has 3 N–H and O–H groups in total. The summed E-state index contributed by atoms with van der Waals surface area (Å²) in [4.78, 5) is 12.3. The van der Waals surface area contributed by atoms with Crippen molar-refractivity contribution in [1.82, 2.24) is 7.06 Å². The number of nitrogens with one attached hydrogen (secondary N) is 2. The molecule has 148 valence electrons. The second-order valence-electron chi connectivity index (χ2n) is 6.38. The van der Waals surface area contributed by atoms with Crippen molar-refractivity contribution in [1.29, 1.82) is 0 Å². The first kappa shape index (κ1) is 21.7. The fraction of sp³-hybridized carbons (Fsp3) is 0.917. The van der Waals surface area contributed by atoms with E-state index in [0.29, 0.717) is 0 Å². The Hall–Kier alpha value is 0.390. The number of aliphatic hydroxyl groups is 1. The van der Waals surface area contributed by atoms with Crippen LogP contribution in [0.3, 0.4) is 0 Å². The molecule has 0 radical (unpaired) electrons. The van der Waals surface area contributed by atoms with Crippen LogP contribution < -0.4 is 7.06 Å². The molecule has 2 atom stereocenters. The van der Waals surface area contributed by atoms with Gasteiger partial charge in [-0.1, -0.05) is 0 Å². The van der Waals surface area contributed by atoms with Crippen molar-refractivity contribution in [3.05, 3.63) is 0 Å². The Balaban J connectivity index is 2.19. The number of esters is 1. The van der Waals surface area contributed by atoms with Gasteiger partial charge >= 0.3 is 161 Å². The number of halogens is 8. The summed E-state index contributed by atoms with van der Waals surface area (Å²) in [6, 6.07) is 0. The Labute approximate surface area is 160 Å². The zero-order valence-corrected chi connectivity index (χ0v) is 17.5. The maximum absolute atomic E-state index is 12.9. The van der Waals surface area contributed by atoms with Crippen LogP contribution in [0.15, 0.2) is 0 Å². The zero-order chi connectivity index (χ0) is 19.6. The van der Waals surface area contributed by atoms with Gasteiger partial charge in [0.2, 0.25) is 0 Å². The van der Waals surface area contributed by atoms with E-state index in [4.69, 9.17) is 4.74 Å². The topological polar surface area (TPSA) is 90.4 Å². The summed E-state index contributed by atoms with van der Waals surface area (Å²) < 4.78 is 86.6. The zero-order valence-electron chi connectivity index (χ0n) is 13.1. The molecule has 0 amide bonds. The Morgan fingerprint density at radius 1 is 1.20 bits per heavy atom. The van der Waals surface area contributed by atoms with E-state index in [2.05, 4.69) is 7.06 Å². The van der Waals surface area contributed by atoms with Crippen LogP contribution in [0.25, 0.3) is 0 Å². The molecule has 2 fully saturated rings. The van der Waals surface area contributed by atoms with E-state index in [1.807, 2.05) is 0 Å². The van der Waals surface area contributed by atoms with E-state index >= 15 is 0 Å². The summed E-state index contributed by atoms with van der Waals surface area (Å²) in [6.07, 6.45) is -15.5. The van der Waals surface area contributed by atoms with E-state index < -0.39 is 69.8 Å². The van der Waals surface area contributed by atoms with Crippen LogP contribution in [0.2, 0.25) is 0 Å². The molecule has 0 aromatic rings. The van der Waals surface area contributed by atoms with Gasteiger partial charge in [-0.2, -0.15) is 0 Å². The van der Waals surface area contributed by atoms with Gasteiger partial charge in [0.25, 0.3) is 0 Å². The van der Waals surface area contributed by atoms with Crippen LogP contribution in [-0.2, 0) is 9.53 Å².